The van der Waals surface area contributed by atoms with E-state index in [4.69, 9.17) is 0 Å². The van der Waals surface area contributed by atoms with Crippen molar-refractivity contribution in [2.75, 3.05) is 17.3 Å². The van der Waals surface area contributed by atoms with Crippen LogP contribution in [0.1, 0.15) is 36.0 Å². The molecule has 0 aliphatic heterocycles. The second-order valence-electron chi connectivity index (χ2n) is 8.40. The van der Waals surface area contributed by atoms with Crippen LogP contribution >= 0.6 is 0 Å². The topological polar surface area (TPSA) is 104 Å². The summed E-state index contributed by atoms with van der Waals surface area (Å²) >= 11 is 0. The van der Waals surface area contributed by atoms with Crippen molar-refractivity contribution < 1.29 is 27.5 Å². The Bertz CT molecular complexity index is 1280. The minimum absolute atomic E-state index is 0.133. The molecule has 36 heavy (non-hydrogen) atoms. The van der Waals surface area contributed by atoms with Gasteiger partial charge in [-0.2, -0.15) is 0 Å². The predicted octanol–water partition coefficient (Wildman–Crippen LogP) is 4.13. The molecule has 3 aromatic rings. The molecule has 0 aromatic heterocycles. The first-order chi connectivity index (χ1) is 17.2. The lowest BCUT2D eigenvalue weighted by Gasteiger charge is -2.19. The molecule has 0 spiro atoms. The van der Waals surface area contributed by atoms with Gasteiger partial charge in [0.1, 0.15) is 5.82 Å². The molecule has 190 valence electrons. The summed E-state index contributed by atoms with van der Waals surface area (Å²) in [5.74, 6) is -2.53. The number of benzene rings is 3. The normalized spacial score (nSPS) is 12.2. The van der Waals surface area contributed by atoms with Crippen molar-refractivity contribution in [2.24, 2.45) is 0 Å². The lowest BCUT2D eigenvalue weighted by molar-refractivity contribution is -0.137. The number of carbonyl (C=O) groups excluding carboxylic acids is 1. The first-order valence-corrected chi connectivity index (χ1v) is 13.2. The molecular weight excluding hydrogens is 483 g/mol. The van der Waals surface area contributed by atoms with Crippen LogP contribution in [-0.2, 0) is 32.3 Å². The van der Waals surface area contributed by atoms with Gasteiger partial charge in [-0.25, -0.2) is 23.2 Å². The predicted molar refractivity (Wildman–Crippen MR) is 136 cm³/mol. The second kappa shape index (κ2) is 12.4. The Morgan fingerprint density at radius 2 is 1.67 bits per heavy atom. The zero-order chi connectivity index (χ0) is 26.1. The maximum absolute atomic E-state index is 14.2. The van der Waals surface area contributed by atoms with Gasteiger partial charge in [0.25, 0.3) is 0 Å². The van der Waals surface area contributed by atoms with Gasteiger partial charge in [-0.1, -0.05) is 55.5 Å². The van der Waals surface area contributed by atoms with Crippen LogP contribution in [0.4, 0.5) is 10.1 Å². The third kappa shape index (κ3) is 7.22. The Kier molecular flexibility index (Phi) is 9.32. The number of nitrogens with zero attached hydrogens (tertiary/aromatic N) is 1. The van der Waals surface area contributed by atoms with Crippen LogP contribution < -0.4 is 10.4 Å². The number of halogens is 1. The van der Waals surface area contributed by atoms with E-state index < -0.39 is 27.5 Å². The number of rotatable bonds is 13. The molecule has 0 radical (unpaired) electrons. The third-order valence-corrected chi connectivity index (χ3v) is 7.63. The Balaban J connectivity index is 1.70. The summed E-state index contributed by atoms with van der Waals surface area (Å²) in [6.07, 6.45) is 1.38. The number of aryl methyl sites for hydroxylation is 2. The van der Waals surface area contributed by atoms with Gasteiger partial charge in [-0.15, -0.1) is 0 Å². The zero-order valence-corrected chi connectivity index (χ0v) is 20.7. The minimum atomic E-state index is -3.72. The van der Waals surface area contributed by atoms with E-state index in [0.29, 0.717) is 31.4 Å². The van der Waals surface area contributed by atoms with E-state index in [1.807, 2.05) is 0 Å². The smallest absolute Gasteiger partial charge is 0.303 e. The van der Waals surface area contributed by atoms with E-state index in [1.165, 1.54) is 18.2 Å². The molecule has 0 bridgehead atoms. The first-order valence-electron chi connectivity index (χ1n) is 11.6. The van der Waals surface area contributed by atoms with Crippen LogP contribution in [0, 0.1) is 5.82 Å². The maximum atomic E-state index is 14.2. The zero-order valence-electron chi connectivity index (χ0n) is 19.9. The molecule has 0 aliphatic carbocycles. The van der Waals surface area contributed by atoms with E-state index in [-0.39, 0.29) is 22.8 Å². The van der Waals surface area contributed by atoms with E-state index in [1.54, 1.807) is 61.5 Å². The average Bonchev–Trinajstić information content (AvgIpc) is 2.87. The number of carboxylic acids is 1. The molecule has 0 aliphatic rings. The van der Waals surface area contributed by atoms with Gasteiger partial charge in [0.2, 0.25) is 6.41 Å². The first kappa shape index (κ1) is 27.0. The molecule has 1 atom stereocenters. The van der Waals surface area contributed by atoms with Crippen LogP contribution in [0.5, 0.6) is 0 Å². The van der Waals surface area contributed by atoms with Crippen molar-refractivity contribution in [2.45, 2.75) is 37.0 Å². The van der Waals surface area contributed by atoms with Gasteiger partial charge in [-0.05, 0) is 53.8 Å². The fourth-order valence-corrected chi connectivity index (χ4v) is 5.55. The van der Waals surface area contributed by atoms with Crippen molar-refractivity contribution in [3.05, 3.63) is 95.3 Å². The number of sulfone groups is 1. The van der Waals surface area contributed by atoms with Crippen molar-refractivity contribution in [1.29, 1.82) is 0 Å². The quantitative estimate of drug-likeness (QED) is 0.264. The van der Waals surface area contributed by atoms with Crippen molar-refractivity contribution in [3.63, 3.8) is 0 Å². The van der Waals surface area contributed by atoms with E-state index in [0.717, 1.165) is 16.1 Å². The van der Waals surface area contributed by atoms with Crippen LogP contribution in [0.2, 0.25) is 0 Å². The monoisotopic (exact) mass is 512 g/mol. The number of anilines is 1. The van der Waals surface area contributed by atoms with Gasteiger partial charge in [-0.3, -0.25) is 9.59 Å². The number of aliphatic carboxylic acids is 1. The van der Waals surface area contributed by atoms with E-state index >= 15 is 0 Å². The summed E-state index contributed by atoms with van der Waals surface area (Å²) in [5.41, 5.74) is 5.31. The molecule has 1 amide bonds. The molecule has 0 fully saturated rings. The highest BCUT2D eigenvalue weighted by molar-refractivity contribution is 7.91. The van der Waals surface area contributed by atoms with Crippen molar-refractivity contribution in [3.8, 4) is 0 Å². The molecule has 0 saturated carbocycles. The van der Waals surface area contributed by atoms with Crippen LogP contribution in [0.3, 0.4) is 0 Å². The van der Waals surface area contributed by atoms with Crippen LogP contribution in [0.25, 0.3) is 0 Å². The Morgan fingerprint density at radius 3 is 2.28 bits per heavy atom. The molecule has 1 unspecified atom stereocenters. The van der Waals surface area contributed by atoms with Crippen LogP contribution in [0.15, 0.2) is 77.7 Å². The Hall–Kier alpha value is -3.56. The SMILES string of the molecule is CCNN(C=O)c1cc(CCc2ccc(S(=O)(=O)CC(CC(=O)O)c3ccccc3)cc2)ccc1F. The number of carbonyl (C=O) groups is 2. The molecule has 0 heterocycles. The molecule has 7 nitrogen and oxygen atoms in total. The summed E-state index contributed by atoms with van der Waals surface area (Å²) in [4.78, 5) is 22.7. The standard InChI is InChI=1S/C27H29FN2O5S/c1-2-29-30(19-31)26-16-21(12-15-25(26)28)9-8-20-10-13-24(14-11-20)36(34,35)18-23(17-27(32)33)22-6-4-3-5-7-22/h3-7,10-16,19,23,29H,2,8-9,17-18H2,1H3,(H,32,33). The summed E-state index contributed by atoms with van der Waals surface area (Å²) in [7, 11) is -3.72. The Labute approximate surface area is 210 Å². The van der Waals surface area contributed by atoms with Gasteiger partial charge in [0.15, 0.2) is 9.84 Å². The Morgan fingerprint density at radius 1 is 1.03 bits per heavy atom. The highest BCUT2D eigenvalue weighted by Gasteiger charge is 2.25. The fraction of sp³-hybridized carbons (Fsp3) is 0.259. The lowest BCUT2D eigenvalue weighted by Crippen LogP contribution is -2.37. The summed E-state index contributed by atoms with van der Waals surface area (Å²) in [6, 6.07) is 19.9. The largest absolute Gasteiger partial charge is 0.481 e. The maximum Gasteiger partial charge on any atom is 0.303 e. The fourth-order valence-electron chi connectivity index (χ4n) is 3.97. The van der Waals surface area contributed by atoms with Gasteiger partial charge >= 0.3 is 5.97 Å². The summed E-state index contributed by atoms with van der Waals surface area (Å²) in [6.45, 7) is 2.26. The average molecular weight is 513 g/mol. The lowest BCUT2D eigenvalue weighted by atomic mass is 9.98. The number of nitrogens with one attached hydrogen (secondary N) is 1. The molecular formula is C27H29FN2O5S. The minimum Gasteiger partial charge on any atom is -0.481 e. The summed E-state index contributed by atoms with van der Waals surface area (Å²) in [5, 5.41) is 10.4. The molecule has 2 N–H and O–H groups in total. The molecule has 9 heteroatoms. The van der Waals surface area contributed by atoms with E-state index in [2.05, 4.69) is 5.43 Å². The number of hydrogen-bond acceptors (Lipinski definition) is 5. The molecule has 3 rings (SSSR count). The van der Waals surface area contributed by atoms with Crippen LogP contribution in [-0.4, -0.2) is 38.2 Å². The van der Waals surface area contributed by atoms with Crippen molar-refractivity contribution in [1.82, 2.24) is 5.43 Å². The van der Waals surface area contributed by atoms with Gasteiger partial charge < -0.3 is 5.11 Å². The molecule has 3 aromatic carbocycles. The van der Waals surface area contributed by atoms with E-state index in [9.17, 15) is 27.5 Å². The number of hydrazine groups is 1. The number of carboxylic acid groups (broad SMARTS) is 1. The van der Waals surface area contributed by atoms with Gasteiger partial charge in [0, 0.05) is 12.5 Å². The molecule has 0 saturated heterocycles. The highest BCUT2D eigenvalue weighted by atomic mass is 32.2. The summed E-state index contributed by atoms with van der Waals surface area (Å²) < 4.78 is 40.3. The second-order valence-corrected chi connectivity index (χ2v) is 10.4. The third-order valence-electron chi connectivity index (χ3n) is 5.80. The number of amides is 1. The van der Waals surface area contributed by atoms with Gasteiger partial charge in [0.05, 0.1) is 22.8 Å². The number of hydrogen-bond donors (Lipinski definition) is 2. The highest BCUT2D eigenvalue weighted by Crippen LogP contribution is 2.26. The van der Waals surface area contributed by atoms with Crippen molar-refractivity contribution >= 4 is 27.9 Å².